The zero-order chi connectivity index (χ0) is 16.3. The molecule has 116 valence electrons. The lowest BCUT2D eigenvalue weighted by Crippen LogP contribution is -2.42. The molecule has 0 aliphatic heterocycles. The van der Waals surface area contributed by atoms with E-state index in [-0.39, 0.29) is 5.91 Å². The van der Waals surface area contributed by atoms with Crippen molar-refractivity contribution in [3.8, 4) is 5.75 Å². The Hall–Kier alpha value is -1.72. The third kappa shape index (κ3) is 4.15. The topological polar surface area (TPSA) is 64.3 Å². The summed E-state index contributed by atoms with van der Waals surface area (Å²) in [7, 11) is 0. The summed E-state index contributed by atoms with van der Waals surface area (Å²) < 4.78 is 6.45. The van der Waals surface area contributed by atoms with Crippen LogP contribution in [0.1, 0.15) is 13.8 Å². The molecular formula is C16H16BrClN2O2. The number of halogens is 2. The number of amides is 1. The minimum Gasteiger partial charge on any atom is -0.478 e. The second-order valence-electron chi connectivity index (χ2n) is 5.26. The summed E-state index contributed by atoms with van der Waals surface area (Å²) in [6.07, 6.45) is 0. The predicted molar refractivity (Wildman–Crippen MR) is 93.3 cm³/mol. The van der Waals surface area contributed by atoms with Crippen molar-refractivity contribution in [3.63, 3.8) is 0 Å². The van der Waals surface area contributed by atoms with Crippen molar-refractivity contribution in [3.05, 3.63) is 52.0 Å². The van der Waals surface area contributed by atoms with Gasteiger partial charge in [0.2, 0.25) is 0 Å². The number of carbonyl (C=O) groups excluding carboxylic acids is 1. The number of rotatable bonds is 4. The van der Waals surface area contributed by atoms with Crippen molar-refractivity contribution in [2.24, 2.45) is 0 Å². The summed E-state index contributed by atoms with van der Waals surface area (Å²) >= 11 is 9.20. The van der Waals surface area contributed by atoms with E-state index in [0.717, 1.165) is 0 Å². The Morgan fingerprint density at radius 1 is 1.23 bits per heavy atom. The van der Waals surface area contributed by atoms with Gasteiger partial charge in [-0.3, -0.25) is 4.79 Å². The van der Waals surface area contributed by atoms with Crippen LogP contribution in [0.3, 0.4) is 0 Å². The first-order valence-corrected chi connectivity index (χ1v) is 7.76. The molecule has 0 aliphatic rings. The van der Waals surface area contributed by atoms with E-state index in [9.17, 15) is 4.79 Å². The van der Waals surface area contributed by atoms with Crippen molar-refractivity contribution in [2.45, 2.75) is 19.4 Å². The van der Waals surface area contributed by atoms with E-state index < -0.39 is 5.60 Å². The molecule has 0 fully saturated rings. The van der Waals surface area contributed by atoms with Crippen LogP contribution in [-0.2, 0) is 4.79 Å². The smallest absolute Gasteiger partial charge is 0.268 e. The molecule has 0 bridgehead atoms. The Morgan fingerprint density at radius 3 is 2.45 bits per heavy atom. The van der Waals surface area contributed by atoms with Gasteiger partial charge in [0.05, 0.1) is 5.69 Å². The van der Waals surface area contributed by atoms with E-state index in [4.69, 9.17) is 22.1 Å². The molecule has 0 heterocycles. The highest BCUT2D eigenvalue weighted by Gasteiger charge is 2.30. The minimum atomic E-state index is -1.05. The van der Waals surface area contributed by atoms with Crippen LogP contribution >= 0.6 is 27.5 Å². The van der Waals surface area contributed by atoms with Gasteiger partial charge in [0, 0.05) is 15.2 Å². The van der Waals surface area contributed by atoms with Crippen LogP contribution < -0.4 is 15.8 Å². The summed E-state index contributed by atoms with van der Waals surface area (Å²) in [5, 5.41) is 3.43. The molecule has 0 atom stereocenters. The highest BCUT2D eigenvalue weighted by Crippen LogP contribution is 2.27. The van der Waals surface area contributed by atoms with Gasteiger partial charge in [0.1, 0.15) is 5.75 Å². The average molecular weight is 384 g/mol. The third-order valence-corrected chi connectivity index (χ3v) is 3.88. The predicted octanol–water partition coefficient (Wildman–Crippen LogP) is 4.48. The molecule has 4 nitrogen and oxygen atoms in total. The molecule has 0 unspecified atom stereocenters. The molecule has 6 heteroatoms. The standard InChI is InChI=1S/C16H16BrClN2O2/c1-16(2,22-12-6-3-10(18)4-7-12)15(21)20-14-8-5-11(19)9-13(14)17/h3-9H,19H2,1-2H3,(H,20,21). The first kappa shape index (κ1) is 16.6. The van der Waals surface area contributed by atoms with E-state index in [0.29, 0.717) is 26.6 Å². The minimum absolute atomic E-state index is 0.270. The van der Waals surface area contributed by atoms with Crippen molar-refractivity contribution in [1.29, 1.82) is 0 Å². The number of carbonyl (C=O) groups is 1. The van der Waals surface area contributed by atoms with Gasteiger partial charge in [-0.25, -0.2) is 0 Å². The van der Waals surface area contributed by atoms with E-state index in [1.54, 1.807) is 56.3 Å². The molecule has 3 N–H and O–H groups in total. The average Bonchev–Trinajstić information content (AvgIpc) is 2.44. The van der Waals surface area contributed by atoms with Crippen LogP contribution in [0.15, 0.2) is 46.9 Å². The molecule has 0 aliphatic carbocycles. The maximum absolute atomic E-state index is 12.4. The van der Waals surface area contributed by atoms with Gasteiger partial charge in [0.15, 0.2) is 5.60 Å². The maximum Gasteiger partial charge on any atom is 0.268 e. The molecule has 0 radical (unpaired) electrons. The Balaban J connectivity index is 2.11. The van der Waals surface area contributed by atoms with Gasteiger partial charge in [0.25, 0.3) is 5.91 Å². The first-order valence-electron chi connectivity index (χ1n) is 6.59. The fourth-order valence-corrected chi connectivity index (χ4v) is 2.37. The molecule has 1 amide bonds. The van der Waals surface area contributed by atoms with Gasteiger partial charge in [-0.2, -0.15) is 0 Å². The van der Waals surface area contributed by atoms with Crippen LogP contribution in [0.5, 0.6) is 5.75 Å². The van der Waals surface area contributed by atoms with E-state index in [1.807, 2.05) is 0 Å². The highest BCUT2D eigenvalue weighted by atomic mass is 79.9. The molecule has 2 rings (SSSR count). The summed E-state index contributed by atoms with van der Waals surface area (Å²) in [6, 6.07) is 12.0. The lowest BCUT2D eigenvalue weighted by atomic mass is 10.1. The van der Waals surface area contributed by atoms with Crippen molar-refractivity contribution in [1.82, 2.24) is 0 Å². The Kier molecular flexibility index (Phi) is 4.98. The number of hydrogen-bond donors (Lipinski definition) is 2. The molecular weight excluding hydrogens is 368 g/mol. The van der Waals surface area contributed by atoms with Gasteiger partial charge in [-0.05, 0) is 72.2 Å². The van der Waals surface area contributed by atoms with Gasteiger partial charge >= 0.3 is 0 Å². The SMILES string of the molecule is CC(C)(Oc1ccc(Cl)cc1)C(=O)Nc1ccc(N)cc1Br. The summed E-state index contributed by atoms with van der Waals surface area (Å²) in [5.41, 5.74) is 5.88. The number of nitrogen functional groups attached to an aromatic ring is 1. The lowest BCUT2D eigenvalue weighted by Gasteiger charge is -2.25. The lowest BCUT2D eigenvalue weighted by molar-refractivity contribution is -0.128. The van der Waals surface area contributed by atoms with E-state index in [1.165, 1.54) is 0 Å². The number of benzene rings is 2. The number of nitrogens with two attached hydrogens (primary N) is 1. The quantitative estimate of drug-likeness (QED) is 0.765. The molecule has 0 saturated heterocycles. The molecule has 22 heavy (non-hydrogen) atoms. The second-order valence-corrected chi connectivity index (χ2v) is 6.55. The van der Waals surface area contributed by atoms with E-state index >= 15 is 0 Å². The maximum atomic E-state index is 12.4. The second kappa shape index (κ2) is 6.58. The molecule has 0 aromatic heterocycles. The summed E-state index contributed by atoms with van der Waals surface area (Å²) in [6.45, 7) is 3.39. The molecule has 2 aromatic rings. The Bertz CT molecular complexity index is 687. The van der Waals surface area contributed by atoms with Gasteiger partial charge < -0.3 is 15.8 Å². The fraction of sp³-hybridized carbons (Fsp3) is 0.188. The fourth-order valence-electron chi connectivity index (χ4n) is 1.75. The Morgan fingerprint density at radius 2 is 1.86 bits per heavy atom. The number of ether oxygens (including phenoxy) is 1. The van der Waals surface area contributed by atoms with E-state index in [2.05, 4.69) is 21.2 Å². The van der Waals surface area contributed by atoms with Crippen molar-refractivity contribution in [2.75, 3.05) is 11.1 Å². The van der Waals surface area contributed by atoms with Crippen LogP contribution in [0.4, 0.5) is 11.4 Å². The highest BCUT2D eigenvalue weighted by molar-refractivity contribution is 9.10. The van der Waals surface area contributed by atoms with Crippen LogP contribution in [0.25, 0.3) is 0 Å². The van der Waals surface area contributed by atoms with Crippen LogP contribution in [0.2, 0.25) is 5.02 Å². The zero-order valence-corrected chi connectivity index (χ0v) is 14.5. The third-order valence-electron chi connectivity index (χ3n) is 2.97. The monoisotopic (exact) mass is 382 g/mol. The van der Waals surface area contributed by atoms with Crippen LogP contribution in [-0.4, -0.2) is 11.5 Å². The normalized spacial score (nSPS) is 11.1. The summed E-state index contributed by atoms with van der Waals surface area (Å²) in [4.78, 5) is 12.4. The molecule has 0 spiro atoms. The summed E-state index contributed by atoms with van der Waals surface area (Å²) in [5.74, 6) is 0.300. The number of hydrogen-bond acceptors (Lipinski definition) is 3. The molecule has 2 aromatic carbocycles. The molecule has 0 saturated carbocycles. The van der Waals surface area contributed by atoms with Crippen molar-refractivity contribution >= 4 is 44.8 Å². The Labute approximate surface area is 142 Å². The zero-order valence-electron chi connectivity index (χ0n) is 12.2. The largest absolute Gasteiger partial charge is 0.478 e. The van der Waals surface area contributed by atoms with Crippen LogP contribution in [0, 0.1) is 0 Å². The number of nitrogens with one attached hydrogen (secondary N) is 1. The number of anilines is 2. The first-order chi connectivity index (χ1) is 10.3. The van der Waals surface area contributed by atoms with Crippen molar-refractivity contribution < 1.29 is 9.53 Å². The van der Waals surface area contributed by atoms with Gasteiger partial charge in [-0.15, -0.1) is 0 Å². The van der Waals surface area contributed by atoms with Gasteiger partial charge in [-0.1, -0.05) is 11.6 Å².